The van der Waals surface area contributed by atoms with Crippen LogP contribution in [0.25, 0.3) is 0 Å². The van der Waals surface area contributed by atoms with E-state index in [0.29, 0.717) is 25.1 Å². The molecule has 0 aliphatic carbocycles. The molecule has 21 heavy (non-hydrogen) atoms. The van der Waals surface area contributed by atoms with Crippen LogP contribution in [-0.2, 0) is 13.0 Å². The molecule has 0 bridgehead atoms. The molecule has 108 valence electrons. The lowest BCUT2D eigenvalue weighted by atomic mass is 9.97. The van der Waals surface area contributed by atoms with Crippen molar-refractivity contribution in [1.29, 1.82) is 0 Å². The Kier molecular flexibility index (Phi) is 3.34. The molecule has 2 aromatic rings. The fraction of sp³-hybridized carbons (Fsp3) is 0.214. The molecule has 3 rings (SSSR count). The van der Waals surface area contributed by atoms with Crippen LogP contribution in [0.1, 0.15) is 21.5 Å². The Morgan fingerprint density at radius 1 is 1.43 bits per heavy atom. The van der Waals surface area contributed by atoms with Crippen LogP contribution in [0.15, 0.2) is 29.6 Å². The molecule has 0 fully saturated rings. The van der Waals surface area contributed by atoms with Gasteiger partial charge in [-0.3, -0.25) is 14.9 Å². The highest BCUT2D eigenvalue weighted by Crippen LogP contribution is 2.27. The van der Waals surface area contributed by atoms with E-state index < -0.39 is 4.92 Å². The number of nitrogens with zero attached hydrogens (tertiary/aromatic N) is 2. The third kappa shape index (κ3) is 2.47. The summed E-state index contributed by atoms with van der Waals surface area (Å²) in [4.78, 5) is 24.3. The molecule has 6 nitrogen and oxygen atoms in total. The van der Waals surface area contributed by atoms with Crippen molar-refractivity contribution in [2.45, 2.75) is 13.0 Å². The molecule has 1 aliphatic heterocycles. The van der Waals surface area contributed by atoms with Gasteiger partial charge >= 0.3 is 5.00 Å². The molecule has 0 radical (unpaired) electrons. The largest absolute Gasteiger partial charge is 0.398 e. The molecule has 7 heteroatoms. The molecule has 1 aromatic carbocycles. The van der Waals surface area contributed by atoms with Crippen LogP contribution in [0.5, 0.6) is 0 Å². The molecular weight excluding hydrogens is 290 g/mol. The number of rotatable bonds is 2. The van der Waals surface area contributed by atoms with E-state index in [1.165, 1.54) is 11.4 Å². The van der Waals surface area contributed by atoms with Crippen LogP contribution in [0.4, 0.5) is 10.7 Å². The fourth-order valence-electron chi connectivity index (χ4n) is 2.53. The number of amides is 1. The van der Waals surface area contributed by atoms with E-state index in [2.05, 4.69) is 0 Å². The Morgan fingerprint density at radius 2 is 2.24 bits per heavy atom. The number of benzene rings is 1. The summed E-state index contributed by atoms with van der Waals surface area (Å²) in [5.41, 5.74) is 9.20. The predicted molar refractivity (Wildman–Crippen MR) is 80.3 cm³/mol. The zero-order valence-corrected chi connectivity index (χ0v) is 11.9. The Bertz CT molecular complexity index is 726. The van der Waals surface area contributed by atoms with Crippen molar-refractivity contribution in [1.82, 2.24) is 4.90 Å². The number of thiophene rings is 1. The number of nitro groups is 1. The maximum Gasteiger partial charge on any atom is 0.324 e. The van der Waals surface area contributed by atoms with Crippen molar-refractivity contribution in [2.24, 2.45) is 0 Å². The van der Waals surface area contributed by atoms with E-state index in [1.54, 1.807) is 4.90 Å². The van der Waals surface area contributed by atoms with Crippen molar-refractivity contribution in [3.05, 3.63) is 56.5 Å². The Hall–Kier alpha value is -2.41. The van der Waals surface area contributed by atoms with Gasteiger partial charge in [-0.15, -0.1) is 0 Å². The third-order valence-corrected chi connectivity index (χ3v) is 4.48. The third-order valence-electron chi connectivity index (χ3n) is 3.60. The number of fused-ring (bicyclic) bond motifs is 1. The van der Waals surface area contributed by atoms with Gasteiger partial charge in [0.25, 0.3) is 5.91 Å². The average molecular weight is 303 g/mol. The van der Waals surface area contributed by atoms with E-state index in [1.807, 2.05) is 18.2 Å². The van der Waals surface area contributed by atoms with Gasteiger partial charge in [-0.2, -0.15) is 0 Å². The van der Waals surface area contributed by atoms with Crippen LogP contribution >= 0.6 is 11.3 Å². The number of nitrogens with two attached hydrogens (primary N) is 1. The van der Waals surface area contributed by atoms with Crippen LogP contribution in [0.2, 0.25) is 0 Å². The lowest BCUT2D eigenvalue weighted by Gasteiger charge is -2.29. The van der Waals surface area contributed by atoms with Gasteiger partial charge in [-0.25, -0.2) is 0 Å². The second-order valence-corrected chi connectivity index (χ2v) is 5.78. The second kappa shape index (κ2) is 5.17. The van der Waals surface area contributed by atoms with Gasteiger partial charge in [0.1, 0.15) is 0 Å². The van der Waals surface area contributed by atoms with Crippen molar-refractivity contribution < 1.29 is 9.72 Å². The Morgan fingerprint density at radius 3 is 2.95 bits per heavy atom. The number of nitrogen functional groups attached to an aromatic ring is 1. The van der Waals surface area contributed by atoms with Gasteiger partial charge in [-0.1, -0.05) is 23.5 Å². The number of hydrogen-bond acceptors (Lipinski definition) is 5. The van der Waals surface area contributed by atoms with Crippen molar-refractivity contribution in [3.8, 4) is 0 Å². The summed E-state index contributed by atoms with van der Waals surface area (Å²) in [5.74, 6) is -0.174. The highest BCUT2D eigenvalue weighted by molar-refractivity contribution is 7.13. The highest BCUT2D eigenvalue weighted by atomic mass is 32.1. The molecule has 0 spiro atoms. The van der Waals surface area contributed by atoms with Crippen LogP contribution < -0.4 is 5.73 Å². The van der Waals surface area contributed by atoms with E-state index in [4.69, 9.17) is 5.73 Å². The van der Waals surface area contributed by atoms with Gasteiger partial charge in [0.05, 0.1) is 10.5 Å². The molecule has 0 atom stereocenters. The molecule has 1 aliphatic rings. The average Bonchev–Trinajstić information content (AvgIpc) is 2.96. The van der Waals surface area contributed by atoms with Crippen LogP contribution in [-0.4, -0.2) is 22.3 Å². The normalized spacial score (nSPS) is 13.8. The summed E-state index contributed by atoms with van der Waals surface area (Å²) in [6.45, 7) is 1.06. The maximum absolute atomic E-state index is 12.4. The minimum absolute atomic E-state index is 0.0139. The number of carbonyl (C=O) groups is 1. The first-order valence-corrected chi connectivity index (χ1v) is 7.32. The first-order chi connectivity index (χ1) is 10.1. The molecule has 0 saturated heterocycles. The van der Waals surface area contributed by atoms with E-state index in [0.717, 1.165) is 28.2 Å². The molecule has 2 heterocycles. The summed E-state index contributed by atoms with van der Waals surface area (Å²) in [6, 6.07) is 7.03. The smallest absolute Gasteiger partial charge is 0.324 e. The van der Waals surface area contributed by atoms with Crippen molar-refractivity contribution in [2.75, 3.05) is 12.3 Å². The minimum atomic E-state index is -0.479. The summed E-state index contributed by atoms with van der Waals surface area (Å²) < 4.78 is 0. The summed E-state index contributed by atoms with van der Waals surface area (Å²) >= 11 is 0.971. The standard InChI is InChI=1S/C14H13N3O3S/c15-12-3-1-2-9-7-16(5-4-11(9)12)14(18)10-6-13(17(19)20)21-8-10/h1-3,6,8H,4-5,7,15H2. The Labute approximate surface area is 124 Å². The fourth-order valence-corrected chi connectivity index (χ4v) is 3.23. The van der Waals surface area contributed by atoms with Gasteiger partial charge in [0, 0.05) is 30.2 Å². The van der Waals surface area contributed by atoms with Crippen LogP contribution in [0, 0.1) is 10.1 Å². The molecule has 1 amide bonds. The van der Waals surface area contributed by atoms with Gasteiger partial charge in [-0.05, 0) is 23.6 Å². The quantitative estimate of drug-likeness (QED) is 0.524. The van der Waals surface area contributed by atoms with E-state index >= 15 is 0 Å². The van der Waals surface area contributed by atoms with Gasteiger partial charge in [0.2, 0.25) is 0 Å². The molecule has 0 unspecified atom stereocenters. The Balaban J connectivity index is 1.82. The van der Waals surface area contributed by atoms with Gasteiger partial charge in [0.15, 0.2) is 0 Å². The zero-order chi connectivity index (χ0) is 15.0. The molecule has 2 N–H and O–H groups in total. The first kappa shape index (κ1) is 13.6. The first-order valence-electron chi connectivity index (χ1n) is 6.44. The minimum Gasteiger partial charge on any atom is -0.398 e. The van der Waals surface area contributed by atoms with E-state index in [9.17, 15) is 14.9 Å². The number of carbonyl (C=O) groups excluding carboxylic acids is 1. The topological polar surface area (TPSA) is 89.5 Å². The van der Waals surface area contributed by atoms with Crippen LogP contribution in [0.3, 0.4) is 0 Å². The second-order valence-electron chi connectivity index (χ2n) is 4.89. The lowest BCUT2D eigenvalue weighted by molar-refractivity contribution is -0.380. The summed E-state index contributed by atoms with van der Waals surface area (Å²) in [6.07, 6.45) is 0.708. The predicted octanol–water partition coefficient (Wildman–Crippen LogP) is 2.44. The monoisotopic (exact) mass is 303 g/mol. The molecular formula is C14H13N3O3S. The highest BCUT2D eigenvalue weighted by Gasteiger charge is 2.24. The number of anilines is 1. The van der Waals surface area contributed by atoms with Crippen molar-refractivity contribution in [3.63, 3.8) is 0 Å². The number of hydrogen-bond donors (Lipinski definition) is 1. The summed E-state index contributed by atoms with van der Waals surface area (Å²) in [5, 5.41) is 12.2. The lowest BCUT2D eigenvalue weighted by Crippen LogP contribution is -2.36. The zero-order valence-electron chi connectivity index (χ0n) is 11.1. The maximum atomic E-state index is 12.4. The molecule has 1 aromatic heterocycles. The van der Waals surface area contributed by atoms with E-state index in [-0.39, 0.29) is 10.9 Å². The molecule has 0 saturated carbocycles. The SMILES string of the molecule is Nc1cccc2c1CCN(C(=O)c1csc([N+](=O)[O-])c1)C2. The van der Waals surface area contributed by atoms with Crippen molar-refractivity contribution >= 4 is 27.9 Å². The van der Waals surface area contributed by atoms with Gasteiger partial charge < -0.3 is 10.6 Å². The summed E-state index contributed by atoms with van der Waals surface area (Å²) in [7, 11) is 0.